The standard InChI is InChI=1S/C8H12Cl2O/c1-7(5-6-11)3-2-4-8(9)10/h4,6-7H,2-3,5H2,1H3/t7-/m1/s1. The van der Waals surface area contributed by atoms with Crippen molar-refractivity contribution in [2.45, 2.75) is 26.2 Å². The molecule has 64 valence electrons. The van der Waals surface area contributed by atoms with Gasteiger partial charge in [0.1, 0.15) is 10.8 Å². The van der Waals surface area contributed by atoms with Gasteiger partial charge < -0.3 is 4.79 Å². The van der Waals surface area contributed by atoms with Crippen molar-refractivity contribution in [3.63, 3.8) is 0 Å². The van der Waals surface area contributed by atoms with Crippen molar-refractivity contribution in [2.75, 3.05) is 0 Å². The van der Waals surface area contributed by atoms with Crippen molar-refractivity contribution >= 4 is 29.5 Å². The van der Waals surface area contributed by atoms with Gasteiger partial charge in [-0.2, -0.15) is 0 Å². The van der Waals surface area contributed by atoms with Crippen LogP contribution in [-0.4, -0.2) is 6.29 Å². The maximum absolute atomic E-state index is 10.0. The summed E-state index contributed by atoms with van der Waals surface area (Å²) in [5, 5.41) is 0. The van der Waals surface area contributed by atoms with E-state index in [1.54, 1.807) is 6.08 Å². The Bertz CT molecular complexity index is 139. The first-order valence-corrected chi connectivity index (χ1v) is 4.37. The molecule has 0 N–H and O–H groups in total. The van der Waals surface area contributed by atoms with Crippen molar-refractivity contribution in [3.05, 3.63) is 10.6 Å². The lowest BCUT2D eigenvalue weighted by molar-refractivity contribution is -0.108. The molecule has 0 amide bonds. The molecule has 0 aromatic heterocycles. The number of allylic oxidation sites excluding steroid dienone is 1. The Morgan fingerprint density at radius 1 is 1.55 bits per heavy atom. The summed E-state index contributed by atoms with van der Waals surface area (Å²) in [5.74, 6) is 0.427. The van der Waals surface area contributed by atoms with E-state index in [2.05, 4.69) is 0 Å². The molecule has 0 aliphatic carbocycles. The van der Waals surface area contributed by atoms with Crippen LogP contribution in [0.3, 0.4) is 0 Å². The third-order valence-electron chi connectivity index (χ3n) is 1.46. The van der Waals surface area contributed by atoms with E-state index in [9.17, 15) is 4.79 Å². The number of carbonyl (C=O) groups excluding carboxylic acids is 1. The van der Waals surface area contributed by atoms with Gasteiger partial charge in [-0.3, -0.25) is 0 Å². The molecule has 0 unspecified atom stereocenters. The van der Waals surface area contributed by atoms with Gasteiger partial charge in [0.05, 0.1) is 0 Å². The van der Waals surface area contributed by atoms with E-state index in [0.29, 0.717) is 16.8 Å². The molecule has 0 rings (SSSR count). The Morgan fingerprint density at radius 3 is 2.64 bits per heavy atom. The normalized spacial score (nSPS) is 12.3. The quantitative estimate of drug-likeness (QED) is 0.615. The fraction of sp³-hybridized carbons (Fsp3) is 0.625. The molecule has 0 spiro atoms. The molecule has 0 radical (unpaired) electrons. The zero-order chi connectivity index (χ0) is 8.69. The predicted molar refractivity (Wildman–Crippen MR) is 48.9 cm³/mol. The van der Waals surface area contributed by atoms with Gasteiger partial charge in [-0.05, 0) is 18.8 Å². The van der Waals surface area contributed by atoms with Gasteiger partial charge in [-0.15, -0.1) is 0 Å². The maximum Gasteiger partial charge on any atom is 0.120 e. The second-order valence-electron chi connectivity index (χ2n) is 2.58. The fourth-order valence-corrected chi connectivity index (χ4v) is 0.977. The van der Waals surface area contributed by atoms with Gasteiger partial charge >= 0.3 is 0 Å². The molecule has 0 saturated heterocycles. The highest BCUT2D eigenvalue weighted by molar-refractivity contribution is 6.55. The SMILES string of the molecule is C[C@@H](CC=O)CCC=C(Cl)Cl. The summed E-state index contributed by atoms with van der Waals surface area (Å²) >= 11 is 10.8. The van der Waals surface area contributed by atoms with E-state index in [0.717, 1.165) is 19.1 Å². The van der Waals surface area contributed by atoms with Crippen molar-refractivity contribution in [1.82, 2.24) is 0 Å². The van der Waals surface area contributed by atoms with Crippen LogP contribution in [0.4, 0.5) is 0 Å². The zero-order valence-electron chi connectivity index (χ0n) is 6.52. The first-order valence-electron chi connectivity index (χ1n) is 3.61. The maximum atomic E-state index is 10.0. The minimum Gasteiger partial charge on any atom is -0.303 e. The monoisotopic (exact) mass is 194 g/mol. The molecule has 3 heteroatoms. The van der Waals surface area contributed by atoms with Crippen LogP contribution >= 0.6 is 23.2 Å². The van der Waals surface area contributed by atoms with Crippen molar-refractivity contribution in [1.29, 1.82) is 0 Å². The van der Waals surface area contributed by atoms with E-state index in [1.165, 1.54) is 0 Å². The molecule has 1 atom stereocenters. The first-order chi connectivity index (χ1) is 5.16. The summed E-state index contributed by atoms with van der Waals surface area (Å²) in [7, 11) is 0. The summed E-state index contributed by atoms with van der Waals surface area (Å²) in [6.07, 6.45) is 5.12. The predicted octanol–water partition coefficient (Wildman–Crippen LogP) is 3.31. The number of hydrogen-bond acceptors (Lipinski definition) is 1. The molecule has 0 aliphatic rings. The first kappa shape index (κ1) is 11.0. The second-order valence-corrected chi connectivity index (χ2v) is 3.59. The van der Waals surface area contributed by atoms with Crippen molar-refractivity contribution < 1.29 is 4.79 Å². The van der Waals surface area contributed by atoms with E-state index < -0.39 is 0 Å². The molecule has 1 nitrogen and oxygen atoms in total. The number of aldehydes is 1. The summed E-state index contributed by atoms with van der Waals surface area (Å²) < 4.78 is 0.309. The van der Waals surface area contributed by atoms with Crippen LogP contribution in [0.1, 0.15) is 26.2 Å². The molecule has 0 heterocycles. The molecular formula is C8H12Cl2O. The van der Waals surface area contributed by atoms with Crippen LogP contribution < -0.4 is 0 Å². The number of hydrogen-bond donors (Lipinski definition) is 0. The van der Waals surface area contributed by atoms with Crippen LogP contribution in [0.25, 0.3) is 0 Å². The lowest BCUT2D eigenvalue weighted by Gasteiger charge is -2.03. The average molecular weight is 195 g/mol. The van der Waals surface area contributed by atoms with E-state index in [1.807, 2.05) is 6.92 Å². The summed E-state index contributed by atoms with van der Waals surface area (Å²) in [6, 6.07) is 0. The highest BCUT2D eigenvalue weighted by atomic mass is 35.5. The van der Waals surface area contributed by atoms with Gasteiger partial charge in [-0.25, -0.2) is 0 Å². The van der Waals surface area contributed by atoms with Crippen LogP contribution in [0.2, 0.25) is 0 Å². The Labute approximate surface area is 77.4 Å². The van der Waals surface area contributed by atoms with Gasteiger partial charge in [0.15, 0.2) is 0 Å². The minimum absolute atomic E-state index is 0.309. The summed E-state index contributed by atoms with van der Waals surface area (Å²) in [5.41, 5.74) is 0. The molecule has 0 bridgehead atoms. The fourth-order valence-electron chi connectivity index (χ4n) is 0.759. The van der Waals surface area contributed by atoms with Crippen LogP contribution in [0, 0.1) is 5.92 Å². The van der Waals surface area contributed by atoms with Crippen LogP contribution in [0.15, 0.2) is 10.6 Å². The molecule has 0 aromatic rings. The number of halogens is 2. The highest BCUT2D eigenvalue weighted by Gasteiger charge is 1.98. The number of carbonyl (C=O) groups is 1. The molecule has 0 saturated carbocycles. The molecular weight excluding hydrogens is 183 g/mol. The van der Waals surface area contributed by atoms with Crippen molar-refractivity contribution in [2.24, 2.45) is 5.92 Å². The topological polar surface area (TPSA) is 17.1 Å². The van der Waals surface area contributed by atoms with E-state index in [-0.39, 0.29) is 0 Å². The molecule has 0 fully saturated rings. The van der Waals surface area contributed by atoms with Crippen molar-refractivity contribution in [3.8, 4) is 0 Å². The average Bonchev–Trinajstić information content (AvgIpc) is 1.87. The molecule has 0 aliphatic heterocycles. The number of rotatable bonds is 5. The smallest absolute Gasteiger partial charge is 0.120 e. The molecule has 0 aromatic carbocycles. The Kier molecular flexibility index (Phi) is 6.68. The van der Waals surface area contributed by atoms with Gasteiger partial charge in [0.2, 0.25) is 0 Å². The summed E-state index contributed by atoms with van der Waals surface area (Å²) in [6.45, 7) is 2.03. The minimum atomic E-state index is 0.309. The zero-order valence-corrected chi connectivity index (χ0v) is 8.03. The lowest BCUT2D eigenvalue weighted by atomic mass is 10.0. The van der Waals surface area contributed by atoms with E-state index in [4.69, 9.17) is 23.2 Å². The van der Waals surface area contributed by atoms with Gasteiger partial charge in [0, 0.05) is 6.42 Å². The van der Waals surface area contributed by atoms with Crippen LogP contribution in [-0.2, 0) is 4.79 Å². The Balaban J connectivity index is 3.38. The highest BCUT2D eigenvalue weighted by Crippen LogP contribution is 2.13. The Morgan fingerprint density at radius 2 is 2.18 bits per heavy atom. The summed E-state index contributed by atoms with van der Waals surface area (Å²) in [4.78, 5) is 10.0. The van der Waals surface area contributed by atoms with Gasteiger partial charge in [-0.1, -0.05) is 36.2 Å². The third-order valence-corrected chi connectivity index (χ3v) is 1.77. The van der Waals surface area contributed by atoms with Crippen LogP contribution in [0.5, 0.6) is 0 Å². The third kappa shape index (κ3) is 7.89. The largest absolute Gasteiger partial charge is 0.303 e. The lowest BCUT2D eigenvalue weighted by Crippen LogP contribution is -1.93. The second kappa shape index (κ2) is 6.68. The van der Waals surface area contributed by atoms with Gasteiger partial charge in [0.25, 0.3) is 0 Å². The molecule has 11 heavy (non-hydrogen) atoms. The van der Waals surface area contributed by atoms with E-state index >= 15 is 0 Å². The Hall–Kier alpha value is -0.0100.